The first-order chi connectivity index (χ1) is 13.0. The minimum Gasteiger partial charge on any atom is -0.380 e. The SMILES string of the molecule is CC(C)Nc1cccnc1N(C)CCN(C)C(=O)c1c[nH]c2ccccc12. The van der Waals surface area contributed by atoms with E-state index >= 15 is 0 Å². The molecular weight excluding hydrogens is 338 g/mol. The highest BCUT2D eigenvalue weighted by Gasteiger charge is 2.17. The molecule has 0 radical (unpaired) electrons. The van der Waals surface area contributed by atoms with Crippen LogP contribution in [0.4, 0.5) is 11.5 Å². The van der Waals surface area contributed by atoms with Gasteiger partial charge in [0, 0.05) is 56.5 Å². The Morgan fingerprint density at radius 3 is 2.70 bits per heavy atom. The second-order valence-corrected chi connectivity index (χ2v) is 7.07. The van der Waals surface area contributed by atoms with Gasteiger partial charge in [-0.1, -0.05) is 18.2 Å². The molecule has 0 saturated heterocycles. The third-order valence-electron chi connectivity index (χ3n) is 4.53. The summed E-state index contributed by atoms with van der Waals surface area (Å²) in [4.78, 5) is 24.3. The van der Waals surface area contributed by atoms with Gasteiger partial charge in [-0.2, -0.15) is 0 Å². The van der Waals surface area contributed by atoms with E-state index in [1.54, 1.807) is 17.3 Å². The average molecular weight is 365 g/mol. The predicted molar refractivity (Wildman–Crippen MR) is 112 cm³/mol. The highest BCUT2D eigenvalue weighted by Crippen LogP contribution is 2.22. The lowest BCUT2D eigenvalue weighted by Gasteiger charge is -2.25. The molecule has 142 valence electrons. The van der Waals surface area contributed by atoms with E-state index in [0.29, 0.717) is 24.7 Å². The molecule has 0 saturated carbocycles. The molecule has 27 heavy (non-hydrogen) atoms. The number of benzene rings is 1. The van der Waals surface area contributed by atoms with Gasteiger partial charge in [0.05, 0.1) is 11.3 Å². The Kier molecular flexibility index (Phi) is 5.64. The Labute approximate surface area is 160 Å². The lowest BCUT2D eigenvalue weighted by atomic mass is 10.1. The van der Waals surface area contributed by atoms with Crippen molar-refractivity contribution in [1.29, 1.82) is 0 Å². The third kappa shape index (κ3) is 4.22. The minimum atomic E-state index is 0.0161. The molecule has 0 aliphatic carbocycles. The smallest absolute Gasteiger partial charge is 0.255 e. The Morgan fingerprint density at radius 1 is 1.15 bits per heavy atom. The van der Waals surface area contributed by atoms with Crippen LogP contribution < -0.4 is 10.2 Å². The molecule has 2 N–H and O–H groups in total. The molecule has 1 amide bonds. The highest BCUT2D eigenvalue weighted by molar-refractivity contribution is 6.06. The van der Waals surface area contributed by atoms with Crippen molar-refractivity contribution in [2.75, 3.05) is 37.4 Å². The maximum Gasteiger partial charge on any atom is 0.255 e. The second-order valence-electron chi connectivity index (χ2n) is 7.07. The van der Waals surface area contributed by atoms with E-state index in [4.69, 9.17) is 0 Å². The predicted octanol–water partition coefficient (Wildman–Crippen LogP) is 3.59. The summed E-state index contributed by atoms with van der Waals surface area (Å²) < 4.78 is 0. The van der Waals surface area contributed by atoms with Crippen molar-refractivity contribution < 1.29 is 4.79 Å². The van der Waals surface area contributed by atoms with Gasteiger partial charge < -0.3 is 20.1 Å². The number of amides is 1. The van der Waals surface area contributed by atoms with Crippen LogP contribution in [0, 0.1) is 0 Å². The number of para-hydroxylation sites is 1. The van der Waals surface area contributed by atoms with E-state index in [1.807, 2.05) is 50.5 Å². The topological polar surface area (TPSA) is 64.3 Å². The first-order valence-corrected chi connectivity index (χ1v) is 9.21. The van der Waals surface area contributed by atoms with E-state index in [0.717, 1.165) is 22.4 Å². The zero-order chi connectivity index (χ0) is 19.4. The van der Waals surface area contributed by atoms with Crippen LogP contribution in [0.5, 0.6) is 0 Å². The lowest BCUT2D eigenvalue weighted by Crippen LogP contribution is -2.35. The molecule has 3 aromatic rings. The molecule has 0 atom stereocenters. The molecule has 0 spiro atoms. The lowest BCUT2D eigenvalue weighted by molar-refractivity contribution is 0.0801. The molecule has 1 aromatic carbocycles. The molecule has 2 aromatic heterocycles. The minimum absolute atomic E-state index is 0.0161. The van der Waals surface area contributed by atoms with E-state index in [-0.39, 0.29) is 5.91 Å². The molecule has 0 bridgehead atoms. The van der Waals surface area contributed by atoms with Crippen molar-refractivity contribution in [1.82, 2.24) is 14.9 Å². The number of likely N-dealkylation sites (N-methyl/N-ethyl adjacent to an activating group) is 2. The number of hydrogen-bond donors (Lipinski definition) is 2. The van der Waals surface area contributed by atoms with Crippen LogP contribution in [0.25, 0.3) is 10.9 Å². The number of pyridine rings is 1. The van der Waals surface area contributed by atoms with Gasteiger partial charge in [-0.3, -0.25) is 4.79 Å². The Morgan fingerprint density at radius 2 is 1.93 bits per heavy atom. The number of hydrogen-bond acceptors (Lipinski definition) is 4. The van der Waals surface area contributed by atoms with Crippen molar-refractivity contribution in [3.05, 3.63) is 54.4 Å². The summed E-state index contributed by atoms with van der Waals surface area (Å²) in [5.41, 5.74) is 2.68. The highest BCUT2D eigenvalue weighted by atomic mass is 16.2. The Hall–Kier alpha value is -3.02. The number of carbonyl (C=O) groups excluding carboxylic acids is 1. The molecule has 0 fully saturated rings. The monoisotopic (exact) mass is 365 g/mol. The van der Waals surface area contributed by atoms with Crippen molar-refractivity contribution in [2.24, 2.45) is 0 Å². The number of fused-ring (bicyclic) bond motifs is 1. The van der Waals surface area contributed by atoms with Crippen LogP contribution in [-0.4, -0.2) is 54.0 Å². The van der Waals surface area contributed by atoms with Crippen LogP contribution in [0.1, 0.15) is 24.2 Å². The van der Waals surface area contributed by atoms with Gasteiger partial charge in [-0.25, -0.2) is 4.98 Å². The van der Waals surface area contributed by atoms with Gasteiger partial charge in [-0.15, -0.1) is 0 Å². The van der Waals surface area contributed by atoms with Crippen molar-refractivity contribution in [3.63, 3.8) is 0 Å². The Bertz CT molecular complexity index is 918. The van der Waals surface area contributed by atoms with E-state index in [2.05, 4.69) is 34.0 Å². The Balaban J connectivity index is 1.67. The summed E-state index contributed by atoms with van der Waals surface area (Å²) in [6.45, 7) is 5.50. The van der Waals surface area contributed by atoms with Gasteiger partial charge in [0.2, 0.25) is 0 Å². The number of H-pyrrole nitrogens is 1. The number of nitrogens with one attached hydrogen (secondary N) is 2. The van der Waals surface area contributed by atoms with Crippen LogP contribution in [0.3, 0.4) is 0 Å². The molecule has 3 rings (SSSR count). The first kappa shape index (κ1) is 18.8. The zero-order valence-electron chi connectivity index (χ0n) is 16.4. The number of anilines is 2. The fourth-order valence-corrected chi connectivity index (χ4v) is 3.09. The standard InChI is InChI=1S/C21H27N5O/c1-15(2)24-19-10-7-11-22-20(19)25(3)12-13-26(4)21(27)17-14-23-18-9-6-5-8-16(17)18/h5-11,14-15,23-24H,12-13H2,1-4H3. The molecular formula is C21H27N5O. The van der Waals surface area contributed by atoms with E-state index in [9.17, 15) is 4.79 Å². The largest absolute Gasteiger partial charge is 0.380 e. The third-order valence-corrected chi connectivity index (χ3v) is 4.53. The zero-order valence-corrected chi connectivity index (χ0v) is 16.4. The number of aromatic amines is 1. The summed E-state index contributed by atoms with van der Waals surface area (Å²) in [7, 11) is 3.83. The molecule has 0 aliphatic rings. The summed E-state index contributed by atoms with van der Waals surface area (Å²) in [5, 5.41) is 4.37. The van der Waals surface area contributed by atoms with Crippen molar-refractivity contribution in [3.8, 4) is 0 Å². The normalized spacial score (nSPS) is 11.0. The number of aromatic nitrogens is 2. The summed E-state index contributed by atoms with van der Waals surface area (Å²) in [6.07, 6.45) is 3.58. The average Bonchev–Trinajstić information content (AvgIpc) is 3.09. The van der Waals surface area contributed by atoms with Gasteiger partial charge in [0.25, 0.3) is 5.91 Å². The molecule has 6 nitrogen and oxygen atoms in total. The number of nitrogens with zero attached hydrogens (tertiary/aromatic N) is 3. The van der Waals surface area contributed by atoms with E-state index in [1.165, 1.54) is 0 Å². The number of rotatable bonds is 7. The van der Waals surface area contributed by atoms with Crippen molar-refractivity contribution >= 4 is 28.3 Å². The van der Waals surface area contributed by atoms with Crippen LogP contribution >= 0.6 is 0 Å². The maximum absolute atomic E-state index is 12.8. The molecule has 2 heterocycles. The molecule has 0 aliphatic heterocycles. The van der Waals surface area contributed by atoms with Crippen LogP contribution in [0.2, 0.25) is 0 Å². The quantitative estimate of drug-likeness (QED) is 0.672. The van der Waals surface area contributed by atoms with Gasteiger partial charge in [0.1, 0.15) is 0 Å². The van der Waals surface area contributed by atoms with Gasteiger partial charge >= 0.3 is 0 Å². The van der Waals surface area contributed by atoms with Gasteiger partial charge in [0.15, 0.2) is 5.82 Å². The fourth-order valence-electron chi connectivity index (χ4n) is 3.09. The maximum atomic E-state index is 12.8. The summed E-state index contributed by atoms with van der Waals surface area (Å²) in [6, 6.07) is 12.1. The summed E-state index contributed by atoms with van der Waals surface area (Å²) >= 11 is 0. The second kappa shape index (κ2) is 8.12. The summed E-state index contributed by atoms with van der Waals surface area (Å²) in [5.74, 6) is 0.904. The van der Waals surface area contributed by atoms with Crippen LogP contribution in [-0.2, 0) is 0 Å². The first-order valence-electron chi connectivity index (χ1n) is 9.21. The number of carbonyl (C=O) groups is 1. The molecule has 6 heteroatoms. The van der Waals surface area contributed by atoms with Crippen LogP contribution in [0.15, 0.2) is 48.8 Å². The molecule has 0 unspecified atom stereocenters. The van der Waals surface area contributed by atoms with Crippen molar-refractivity contribution in [2.45, 2.75) is 19.9 Å². The van der Waals surface area contributed by atoms with Gasteiger partial charge in [-0.05, 0) is 32.0 Å². The van der Waals surface area contributed by atoms with E-state index < -0.39 is 0 Å². The fraction of sp³-hybridized carbons (Fsp3) is 0.333.